The van der Waals surface area contributed by atoms with Gasteiger partial charge in [0.15, 0.2) is 0 Å². The first-order valence-corrected chi connectivity index (χ1v) is 9.11. The van der Waals surface area contributed by atoms with E-state index in [1.807, 2.05) is 25.1 Å². The summed E-state index contributed by atoms with van der Waals surface area (Å²) in [6.07, 6.45) is 3.68. The fourth-order valence-electron chi connectivity index (χ4n) is 3.06. The number of aromatic nitrogens is 1. The summed E-state index contributed by atoms with van der Waals surface area (Å²) in [5, 5.41) is 7.35. The zero-order valence-electron chi connectivity index (χ0n) is 13.6. The minimum absolute atomic E-state index is 0.820. The topological polar surface area (TPSA) is 37.3 Å². The number of aryl methyl sites for hydroxylation is 2. The van der Waals surface area contributed by atoms with Crippen molar-refractivity contribution in [3.05, 3.63) is 70.6 Å². The largest absolute Gasteiger partial charge is 0.252 e. The van der Waals surface area contributed by atoms with E-state index >= 15 is 0 Å². The van der Waals surface area contributed by atoms with E-state index in [0.29, 0.717) is 0 Å². The number of fused-ring (bicyclic) bond motifs is 1. The predicted molar refractivity (Wildman–Crippen MR) is 102 cm³/mol. The van der Waals surface area contributed by atoms with E-state index in [1.54, 1.807) is 11.3 Å². The first-order chi connectivity index (χ1) is 11.8. The van der Waals surface area contributed by atoms with Crippen molar-refractivity contribution in [1.82, 2.24) is 4.98 Å². The Bertz CT molecular complexity index is 881. The molecule has 2 aromatic carbocycles. The summed E-state index contributed by atoms with van der Waals surface area (Å²) < 4.78 is 0. The van der Waals surface area contributed by atoms with Gasteiger partial charge in [-0.15, -0.1) is 11.3 Å². The van der Waals surface area contributed by atoms with Gasteiger partial charge in [-0.3, -0.25) is 5.43 Å². The van der Waals surface area contributed by atoms with Gasteiger partial charge in [0.1, 0.15) is 0 Å². The van der Waals surface area contributed by atoms with Gasteiger partial charge in [0, 0.05) is 10.9 Å². The molecule has 1 heterocycles. The molecule has 3 aromatic rings. The zero-order valence-corrected chi connectivity index (χ0v) is 14.4. The Labute approximate surface area is 146 Å². The van der Waals surface area contributed by atoms with E-state index in [9.17, 15) is 0 Å². The molecule has 0 radical (unpaired) electrons. The molecule has 3 nitrogen and oxygen atoms in total. The molecule has 0 unspecified atom stereocenters. The highest BCUT2D eigenvalue weighted by Gasteiger charge is 2.12. The summed E-state index contributed by atoms with van der Waals surface area (Å²) in [6.45, 7) is 2.00. The maximum atomic E-state index is 4.67. The lowest BCUT2D eigenvalue weighted by molar-refractivity contribution is 0.912. The van der Waals surface area contributed by atoms with Gasteiger partial charge in [0.25, 0.3) is 0 Å². The van der Waals surface area contributed by atoms with Crippen molar-refractivity contribution >= 4 is 22.2 Å². The molecule has 0 bridgehead atoms. The molecule has 4 heteroatoms. The number of thiazole rings is 1. The van der Waals surface area contributed by atoms with Crippen LogP contribution in [0.4, 0.5) is 5.13 Å². The van der Waals surface area contributed by atoms with Gasteiger partial charge in [-0.1, -0.05) is 42.5 Å². The van der Waals surface area contributed by atoms with Crippen molar-refractivity contribution in [2.75, 3.05) is 5.43 Å². The molecular weight excluding hydrogens is 314 g/mol. The summed E-state index contributed by atoms with van der Waals surface area (Å²) in [4.78, 5) is 4.67. The van der Waals surface area contributed by atoms with Crippen molar-refractivity contribution in [3.63, 3.8) is 0 Å². The van der Waals surface area contributed by atoms with E-state index in [2.05, 4.69) is 51.2 Å². The van der Waals surface area contributed by atoms with Crippen LogP contribution in [0.25, 0.3) is 11.3 Å². The minimum Gasteiger partial charge on any atom is -0.252 e. The Morgan fingerprint density at radius 2 is 1.92 bits per heavy atom. The van der Waals surface area contributed by atoms with E-state index < -0.39 is 0 Å². The number of hydrazone groups is 1. The Hall–Kier alpha value is -2.46. The third-order valence-electron chi connectivity index (χ3n) is 4.41. The zero-order chi connectivity index (χ0) is 16.4. The molecule has 0 aliphatic heterocycles. The molecule has 0 spiro atoms. The fourth-order valence-corrected chi connectivity index (χ4v) is 3.73. The summed E-state index contributed by atoms with van der Waals surface area (Å²) in [7, 11) is 0. The Balaban J connectivity index is 1.51. The molecule has 0 saturated heterocycles. The second-order valence-corrected chi connectivity index (χ2v) is 6.91. The molecule has 1 N–H and O–H groups in total. The summed E-state index contributed by atoms with van der Waals surface area (Å²) in [6, 6.07) is 16.9. The standard InChI is InChI=1S/C20H19N3S/c1-14(15-6-3-2-4-7-15)22-23-20-21-19(13-24-20)18-11-10-16-8-5-9-17(16)12-18/h2-4,6-7,10-13H,5,8-9H2,1H3,(H,21,23)/b22-14+. The highest BCUT2D eigenvalue weighted by Crippen LogP contribution is 2.30. The van der Waals surface area contributed by atoms with Gasteiger partial charge < -0.3 is 0 Å². The van der Waals surface area contributed by atoms with Crippen LogP contribution in [0.15, 0.2) is 59.0 Å². The normalized spacial score (nSPS) is 13.8. The van der Waals surface area contributed by atoms with Crippen LogP contribution in [0.2, 0.25) is 0 Å². The van der Waals surface area contributed by atoms with Crippen LogP contribution in [0, 0.1) is 0 Å². The third kappa shape index (κ3) is 3.10. The molecule has 0 amide bonds. The Morgan fingerprint density at radius 1 is 1.08 bits per heavy atom. The number of anilines is 1. The quantitative estimate of drug-likeness (QED) is 0.530. The van der Waals surface area contributed by atoms with Gasteiger partial charge in [-0.05, 0) is 48.9 Å². The lowest BCUT2D eigenvalue weighted by atomic mass is 10.1. The fraction of sp³-hybridized carbons (Fsp3) is 0.200. The number of nitrogens with zero attached hydrogens (tertiary/aromatic N) is 2. The molecule has 1 aromatic heterocycles. The monoisotopic (exact) mass is 333 g/mol. The van der Waals surface area contributed by atoms with Gasteiger partial charge in [-0.25, -0.2) is 4.98 Å². The lowest BCUT2D eigenvalue weighted by Crippen LogP contribution is -1.99. The molecular formula is C20H19N3S. The van der Waals surface area contributed by atoms with Crippen LogP contribution < -0.4 is 5.43 Å². The van der Waals surface area contributed by atoms with Gasteiger partial charge in [0.05, 0.1) is 11.4 Å². The Kier molecular flexibility index (Phi) is 4.13. The second kappa shape index (κ2) is 6.57. The number of rotatable bonds is 4. The molecule has 0 fully saturated rings. The predicted octanol–water partition coefficient (Wildman–Crippen LogP) is 5.13. The van der Waals surface area contributed by atoms with Crippen molar-refractivity contribution < 1.29 is 0 Å². The lowest BCUT2D eigenvalue weighted by Gasteiger charge is -2.02. The first kappa shape index (κ1) is 15.1. The molecule has 1 aliphatic rings. The number of hydrogen-bond donors (Lipinski definition) is 1. The Morgan fingerprint density at radius 3 is 2.79 bits per heavy atom. The first-order valence-electron chi connectivity index (χ1n) is 8.23. The maximum Gasteiger partial charge on any atom is 0.203 e. The number of hydrogen-bond acceptors (Lipinski definition) is 4. The SMILES string of the molecule is C/C(=N\Nc1nc(-c2ccc3c(c2)CCC3)cs1)c1ccccc1. The smallest absolute Gasteiger partial charge is 0.203 e. The number of benzene rings is 2. The molecule has 1 aliphatic carbocycles. The molecule has 120 valence electrons. The third-order valence-corrected chi connectivity index (χ3v) is 5.16. The van der Waals surface area contributed by atoms with Crippen LogP contribution in [-0.2, 0) is 12.8 Å². The summed E-state index contributed by atoms with van der Waals surface area (Å²) in [5.41, 5.74) is 10.3. The second-order valence-electron chi connectivity index (χ2n) is 6.05. The van der Waals surface area contributed by atoms with Gasteiger partial charge in [0.2, 0.25) is 5.13 Å². The van der Waals surface area contributed by atoms with Crippen LogP contribution in [-0.4, -0.2) is 10.7 Å². The average molecular weight is 333 g/mol. The van der Waals surface area contributed by atoms with E-state index in [-0.39, 0.29) is 0 Å². The minimum atomic E-state index is 0.820. The van der Waals surface area contributed by atoms with Crippen LogP contribution >= 0.6 is 11.3 Å². The van der Waals surface area contributed by atoms with Gasteiger partial charge >= 0.3 is 0 Å². The average Bonchev–Trinajstić information content (AvgIpc) is 3.29. The van der Waals surface area contributed by atoms with Gasteiger partial charge in [-0.2, -0.15) is 5.10 Å². The van der Waals surface area contributed by atoms with E-state index in [0.717, 1.165) is 22.1 Å². The number of nitrogens with one attached hydrogen (secondary N) is 1. The van der Waals surface area contributed by atoms with Crippen molar-refractivity contribution in [2.45, 2.75) is 26.2 Å². The summed E-state index contributed by atoms with van der Waals surface area (Å²) in [5.74, 6) is 0. The molecule has 0 atom stereocenters. The molecule has 24 heavy (non-hydrogen) atoms. The maximum absolute atomic E-state index is 4.67. The van der Waals surface area contributed by atoms with Crippen LogP contribution in [0.3, 0.4) is 0 Å². The molecule has 0 saturated carbocycles. The molecule has 4 rings (SSSR count). The van der Waals surface area contributed by atoms with Crippen LogP contribution in [0.1, 0.15) is 30.0 Å². The summed E-state index contributed by atoms with van der Waals surface area (Å²) >= 11 is 1.59. The van der Waals surface area contributed by atoms with E-state index in [1.165, 1.54) is 36.0 Å². The highest BCUT2D eigenvalue weighted by atomic mass is 32.1. The van der Waals surface area contributed by atoms with Crippen molar-refractivity contribution in [1.29, 1.82) is 0 Å². The van der Waals surface area contributed by atoms with Crippen molar-refractivity contribution in [3.8, 4) is 11.3 Å². The van der Waals surface area contributed by atoms with Crippen molar-refractivity contribution in [2.24, 2.45) is 5.10 Å². The van der Waals surface area contributed by atoms with Crippen LogP contribution in [0.5, 0.6) is 0 Å². The van der Waals surface area contributed by atoms with E-state index in [4.69, 9.17) is 0 Å². The highest BCUT2D eigenvalue weighted by molar-refractivity contribution is 7.14.